The van der Waals surface area contributed by atoms with E-state index in [0.29, 0.717) is 12.1 Å². The van der Waals surface area contributed by atoms with Crippen LogP contribution in [0.1, 0.15) is 35.2 Å². The topological polar surface area (TPSA) is 55.1 Å². The highest BCUT2D eigenvalue weighted by Gasteiger charge is 2.32. The summed E-state index contributed by atoms with van der Waals surface area (Å²) in [5.74, 6) is -0.840. The third-order valence-corrected chi connectivity index (χ3v) is 3.39. The Morgan fingerprint density at radius 1 is 1.53 bits per heavy atom. The van der Waals surface area contributed by atoms with E-state index in [2.05, 4.69) is 5.32 Å². The molecule has 0 aromatic heterocycles. The van der Waals surface area contributed by atoms with Crippen LogP contribution < -0.4 is 11.1 Å². The molecule has 3 nitrogen and oxygen atoms in total. The second-order valence-corrected chi connectivity index (χ2v) is 4.84. The van der Waals surface area contributed by atoms with Gasteiger partial charge in [0.25, 0.3) is 5.91 Å². The summed E-state index contributed by atoms with van der Waals surface area (Å²) in [4.78, 5) is 11.8. The first-order valence-corrected chi connectivity index (χ1v) is 5.84. The first kappa shape index (κ1) is 12.0. The highest BCUT2D eigenvalue weighted by atomic mass is 19.1. The molecule has 0 spiro atoms. The molecule has 0 atom stereocenters. The number of hydrogen-bond donors (Lipinski definition) is 2. The monoisotopic (exact) mass is 236 g/mol. The summed E-state index contributed by atoms with van der Waals surface area (Å²) in [6.07, 6.45) is 2.94. The van der Waals surface area contributed by atoms with Gasteiger partial charge in [-0.05, 0) is 37.8 Å². The summed E-state index contributed by atoms with van der Waals surface area (Å²) in [6.45, 7) is 2.06. The van der Waals surface area contributed by atoms with Gasteiger partial charge >= 0.3 is 0 Å². The zero-order valence-corrected chi connectivity index (χ0v) is 9.92. The molecule has 0 aliphatic heterocycles. The fourth-order valence-electron chi connectivity index (χ4n) is 1.98. The van der Waals surface area contributed by atoms with Crippen LogP contribution >= 0.6 is 0 Å². The average Bonchev–Trinajstić information content (AvgIpc) is 2.27. The van der Waals surface area contributed by atoms with Crippen molar-refractivity contribution in [3.63, 3.8) is 0 Å². The molecule has 0 bridgehead atoms. The van der Waals surface area contributed by atoms with Crippen molar-refractivity contribution in [2.24, 2.45) is 5.73 Å². The van der Waals surface area contributed by atoms with Gasteiger partial charge in [0.2, 0.25) is 0 Å². The van der Waals surface area contributed by atoms with E-state index in [1.54, 1.807) is 19.1 Å². The second kappa shape index (κ2) is 4.45. The van der Waals surface area contributed by atoms with Crippen molar-refractivity contribution in [1.82, 2.24) is 5.32 Å². The Bertz CT molecular complexity index is 441. The van der Waals surface area contributed by atoms with E-state index in [1.165, 1.54) is 6.07 Å². The van der Waals surface area contributed by atoms with Crippen molar-refractivity contribution in [3.05, 3.63) is 35.1 Å². The summed E-state index contributed by atoms with van der Waals surface area (Å²) in [5.41, 5.74) is 6.27. The zero-order chi connectivity index (χ0) is 12.5. The van der Waals surface area contributed by atoms with Crippen molar-refractivity contribution in [1.29, 1.82) is 0 Å². The number of halogens is 1. The minimum Gasteiger partial charge on any atom is -0.350 e. The normalized spacial score (nSPS) is 17.4. The van der Waals surface area contributed by atoms with Crippen LogP contribution in [0.5, 0.6) is 0 Å². The molecule has 1 aromatic carbocycles. The van der Waals surface area contributed by atoms with Gasteiger partial charge < -0.3 is 11.1 Å². The van der Waals surface area contributed by atoms with E-state index in [1.807, 2.05) is 0 Å². The molecule has 17 heavy (non-hydrogen) atoms. The molecule has 0 saturated heterocycles. The summed E-state index contributed by atoms with van der Waals surface area (Å²) < 4.78 is 13.7. The highest BCUT2D eigenvalue weighted by molar-refractivity contribution is 5.94. The molecule has 1 aliphatic carbocycles. The third kappa shape index (κ3) is 2.47. The molecule has 0 radical (unpaired) electrons. The number of amides is 1. The SMILES string of the molecule is Cc1cccc(C(=O)NCC2(N)CCC2)c1F. The van der Waals surface area contributed by atoms with Crippen LogP contribution in [0, 0.1) is 12.7 Å². The van der Waals surface area contributed by atoms with Crippen LogP contribution in [0.25, 0.3) is 0 Å². The van der Waals surface area contributed by atoms with Gasteiger partial charge in [-0.15, -0.1) is 0 Å². The molecule has 1 saturated carbocycles. The minimum atomic E-state index is -0.454. The minimum absolute atomic E-state index is 0.0907. The molecule has 1 amide bonds. The average molecular weight is 236 g/mol. The van der Waals surface area contributed by atoms with E-state index in [-0.39, 0.29) is 17.0 Å². The fourth-order valence-corrected chi connectivity index (χ4v) is 1.98. The van der Waals surface area contributed by atoms with Gasteiger partial charge in [0, 0.05) is 12.1 Å². The van der Waals surface area contributed by atoms with Crippen LogP contribution in [-0.4, -0.2) is 18.0 Å². The van der Waals surface area contributed by atoms with E-state index in [9.17, 15) is 9.18 Å². The number of aryl methyl sites for hydroxylation is 1. The van der Waals surface area contributed by atoms with Gasteiger partial charge in [0.05, 0.1) is 5.56 Å². The van der Waals surface area contributed by atoms with Gasteiger partial charge in [-0.3, -0.25) is 4.79 Å². The largest absolute Gasteiger partial charge is 0.350 e. The summed E-state index contributed by atoms with van der Waals surface area (Å²) in [7, 11) is 0. The number of nitrogens with two attached hydrogens (primary N) is 1. The van der Waals surface area contributed by atoms with Crippen LogP contribution in [0.4, 0.5) is 4.39 Å². The van der Waals surface area contributed by atoms with Gasteiger partial charge in [-0.2, -0.15) is 0 Å². The molecule has 1 aromatic rings. The van der Waals surface area contributed by atoms with Crippen molar-refractivity contribution in [3.8, 4) is 0 Å². The number of rotatable bonds is 3. The number of carbonyl (C=O) groups is 1. The maximum Gasteiger partial charge on any atom is 0.254 e. The first-order chi connectivity index (χ1) is 8.02. The molecular formula is C13H17FN2O. The predicted molar refractivity (Wildman–Crippen MR) is 64.2 cm³/mol. The fraction of sp³-hybridized carbons (Fsp3) is 0.462. The van der Waals surface area contributed by atoms with E-state index >= 15 is 0 Å². The van der Waals surface area contributed by atoms with Crippen LogP contribution in [0.3, 0.4) is 0 Å². The first-order valence-electron chi connectivity index (χ1n) is 5.84. The zero-order valence-electron chi connectivity index (χ0n) is 9.92. The van der Waals surface area contributed by atoms with Gasteiger partial charge in [-0.1, -0.05) is 12.1 Å². The van der Waals surface area contributed by atoms with Crippen molar-refractivity contribution < 1.29 is 9.18 Å². The summed E-state index contributed by atoms with van der Waals surface area (Å²) >= 11 is 0. The van der Waals surface area contributed by atoms with Crippen molar-refractivity contribution in [2.45, 2.75) is 31.7 Å². The Labute approximate surface area is 100 Å². The van der Waals surface area contributed by atoms with Crippen LogP contribution in [0.15, 0.2) is 18.2 Å². The van der Waals surface area contributed by atoms with Crippen LogP contribution in [0.2, 0.25) is 0 Å². The second-order valence-electron chi connectivity index (χ2n) is 4.84. The Morgan fingerprint density at radius 2 is 2.24 bits per heavy atom. The van der Waals surface area contributed by atoms with Gasteiger partial charge in [-0.25, -0.2) is 4.39 Å². The van der Waals surface area contributed by atoms with E-state index in [0.717, 1.165) is 19.3 Å². The Morgan fingerprint density at radius 3 is 2.82 bits per heavy atom. The highest BCUT2D eigenvalue weighted by Crippen LogP contribution is 2.28. The number of hydrogen-bond acceptors (Lipinski definition) is 2. The lowest BCUT2D eigenvalue weighted by molar-refractivity contribution is 0.0925. The van der Waals surface area contributed by atoms with E-state index in [4.69, 9.17) is 5.73 Å². The lowest BCUT2D eigenvalue weighted by atomic mass is 9.78. The molecule has 3 N–H and O–H groups in total. The van der Waals surface area contributed by atoms with Gasteiger partial charge in [0.15, 0.2) is 0 Å². The van der Waals surface area contributed by atoms with Crippen LogP contribution in [-0.2, 0) is 0 Å². The summed E-state index contributed by atoms with van der Waals surface area (Å²) in [6, 6.07) is 4.80. The van der Waals surface area contributed by atoms with Crippen molar-refractivity contribution in [2.75, 3.05) is 6.54 Å². The molecule has 2 rings (SSSR count). The van der Waals surface area contributed by atoms with E-state index < -0.39 is 5.82 Å². The number of benzene rings is 1. The Hall–Kier alpha value is -1.42. The lowest BCUT2D eigenvalue weighted by Gasteiger charge is -2.38. The smallest absolute Gasteiger partial charge is 0.254 e. The predicted octanol–water partition coefficient (Wildman–Crippen LogP) is 1.75. The molecular weight excluding hydrogens is 219 g/mol. The summed E-state index contributed by atoms with van der Waals surface area (Å²) in [5, 5.41) is 2.71. The Balaban J connectivity index is 2.02. The quantitative estimate of drug-likeness (QED) is 0.840. The maximum absolute atomic E-state index is 13.7. The maximum atomic E-state index is 13.7. The molecule has 0 unspecified atom stereocenters. The molecule has 1 aliphatic rings. The van der Waals surface area contributed by atoms with Gasteiger partial charge in [0.1, 0.15) is 5.82 Å². The molecule has 0 heterocycles. The third-order valence-electron chi connectivity index (χ3n) is 3.39. The van der Waals surface area contributed by atoms with Crippen molar-refractivity contribution >= 4 is 5.91 Å². The molecule has 4 heteroatoms. The lowest BCUT2D eigenvalue weighted by Crippen LogP contribution is -2.55. The molecule has 92 valence electrons. The standard InChI is InChI=1S/C13H17FN2O/c1-9-4-2-5-10(11(9)14)12(17)16-8-13(15)6-3-7-13/h2,4-5H,3,6-8,15H2,1H3,(H,16,17). The Kier molecular flexibility index (Phi) is 3.15. The molecule has 1 fully saturated rings. The number of carbonyl (C=O) groups excluding carboxylic acids is 1. The number of nitrogens with one attached hydrogen (secondary N) is 1.